The third-order valence-electron chi connectivity index (χ3n) is 2.81. The maximum Gasteiger partial charge on any atom is 0.293 e. The molecule has 0 saturated carbocycles. The summed E-state index contributed by atoms with van der Waals surface area (Å²) >= 11 is 0. The summed E-state index contributed by atoms with van der Waals surface area (Å²) in [5.74, 6) is 0. The first kappa shape index (κ1) is 16.3. The van der Waals surface area contributed by atoms with E-state index in [2.05, 4.69) is 4.72 Å². The highest BCUT2D eigenvalue weighted by Gasteiger charge is 2.22. The largest absolute Gasteiger partial charge is 0.395 e. The van der Waals surface area contributed by atoms with Gasteiger partial charge < -0.3 is 10.0 Å². The highest BCUT2D eigenvalue weighted by Crippen LogP contribution is 2.30. The molecule has 9 heteroatoms. The molecule has 0 amide bonds. The molecule has 112 valence electrons. The number of hydrogen-bond acceptors (Lipinski definition) is 6. The highest BCUT2D eigenvalue weighted by atomic mass is 32.2. The number of likely N-dealkylation sites (N-methyl/N-ethyl adjacent to an activating group) is 1. The predicted octanol–water partition coefficient (Wildman–Crippen LogP) is 0.321. The average molecular weight is 303 g/mol. The lowest BCUT2D eigenvalue weighted by molar-refractivity contribution is -0.384. The molecule has 0 aromatic heterocycles. The topological polar surface area (TPSA) is 113 Å². The second-order valence-electron chi connectivity index (χ2n) is 3.92. The molecule has 0 heterocycles. The molecule has 1 aromatic rings. The third-order valence-corrected chi connectivity index (χ3v) is 4.23. The van der Waals surface area contributed by atoms with Crippen LogP contribution in [0.1, 0.15) is 6.92 Å². The number of aliphatic hydroxyl groups excluding tert-OH is 1. The first-order valence-corrected chi connectivity index (χ1v) is 7.43. The lowest BCUT2D eigenvalue weighted by Gasteiger charge is -2.21. The zero-order valence-electron chi connectivity index (χ0n) is 11.2. The van der Waals surface area contributed by atoms with E-state index in [9.17, 15) is 18.5 Å². The van der Waals surface area contributed by atoms with Gasteiger partial charge in [-0.05, 0) is 26.1 Å². The van der Waals surface area contributed by atoms with Gasteiger partial charge in [0.15, 0.2) is 0 Å². The van der Waals surface area contributed by atoms with Crippen molar-refractivity contribution in [2.75, 3.05) is 31.6 Å². The fraction of sp³-hybridized carbons (Fsp3) is 0.455. The van der Waals surface area contributed by atoms with E-state index in [1.807, 2.05) is 0 Å². The van der Waals surface area contributed by atoms with Crippen molar-refractivity contribution in [2.24, 2.45) is 0 Å². The SMILES string of the molecule is CCN(CCO)c1ccc(S(=O)(=O)NC)cc1[N+](=O)[O-]. The Bertz CT molecular complexity index is 588. The minimum absolute atomic E-state index is 0.151. The predicted molar refractivity (Wildman–Crippen MR) is 74.3 cm³/mol. The lowest BCUT2D eigenvalue weighted by atomic mass is 10.2. The van der Waals surface area contributed by atoms with Gasteiger partial charge in [0, 0.05) is 19.2 Å². The maximum absolute atomic E-state index is 11.7. The van der Waals surface area contributed by atoms with E-state index in [1.54, 1.807) is 11.8 Å². The lowest BCUT2D eigenvalue weighted by Crippen LogP contribution is -2.27. The zero-order chi connectivity index (χ0) is 15.3. The van der Waals surface area contributed by atoms with Gasteiger partial charge in [-0.2, -0.15) is 0 Å². The van der Waals surface area contributed by atoms with Crippen molar-refractivity contribution in [3.8, 4) is 0 Å². The number of nitrogens with zero attached hydrogens (tertiary/aromatic N) is 2. The van der Waals surface area contributed by atoms with Crippen molar-refractivity contribution < 1.29 is 18.4 Å². The van der Waals surface area contributed by atoms with Gasteiger partial charge in [0.2, 0.25) is 10.0 Å². The van der Waals surface area contributed by atoms with Crippen LogP contribution in [0.2, 0.25) is 0 Å². The Morgan fingerprint density at radius 3 is 2.55 bits per heavy atom. The maximum atomic E-state index is 11.7. The molecule has 0 fully saturated rings. The van der Waals surface area contributed by atoms with Gasteiger partial charge >= 0.3 is 0 Å². The van der Waals surface area contributed by atoms with Gasteiger partial charge in [0.25, 0.3) is 5.69 Å². The third kappa shape index (κ3) is 3.44. The van der Waals surface area contributed by atoms with E-state index < -0.39 is 14.9 Å². The van der Waals surface area contributed by atoms with Crippen molar-refractivity contribution in [3.05, 3.63) is 28.3 Å². The second-order valence-corrected chi connectivity index (χ2v) is 5.80. The molecular formula is C11H17N3O5S. The minimum atomic E-state index is -3.74. The number of nitro groups is 1. The van der Waals surface area contributed by atoms with Gasteiger partial charge in [-0.3, -0.25) is 10.1 Å². The Balaban J connectivity index is 3.38. The van der Waals surface area contributed by atoms with Crippen molar-refractivity contribution >= 4 is 21.4 Å². The smallest absolute Gasteiger partial charge is 0.293 e. The molecule has 0 aliphatic heterocycles. The first-order valence-electron chi connectivity index (χ1n) is 5.95. The Kier molecular flexibility index (Phi) is 5.43. The van der Waals surface area contributed by atoms with E-state index in [0.717, 1.165) is 6.07 Å². The summed E-state index contributed by atoms with van der Waals surface area (Å²) in [5, 5.41) is 20.1. The molecule has 0 bridgehead atoms. The molecule has 0 aliphatic carbocycles. The Labute approximate surface area is 117 Å². The van der Waals surface area contributed by atoms with E-state index in [1.165, 1.54) is 19.2 Å². The van der Waals surface area contributed by atoms with E-state index in [4.69, 9.17) is 5.11 Å². The van der Waals surface area contributed by atoms with Crippen molar-refractivity contribution in [2.45, 2.75) is 11.8 Å². The number of hydrogen-bond donors (Lipinski definition) is 2. The molecule has 20 heavy (non-hydrogen) atoms. The Morgan fingerprint density at radius 2 is 2.10 bits per heavy atom. The van der Waals surface area contributed by atoms with Gasteiger partial charge in [-0.1, -0.05) is 0 Å². The Morgan fingerprint density at radius 1 is 1.45 bits per heavy atom. The quantitative estimate of drug-likeness (QED) is 0.554. The molecule has 0 unspecified atom stereocenters. The standard InChI is InChI=1S/C11H17N3O5S/c1-3-13(6-7-15)10-5-4-9(20(18,19)12-2)8-11(10)14(16)17/h4-5,8,12,15H,3,6-7H2,1-2H3. The molecular weight excluding hydrogens is 286 g/mol. The van der Waals surface area contributed by atoms with Crippen LogP contribution < -0.4 is 9.62 Å². The number of nitro benzene ring substituents is 1. The fourth-order valence-electron chi connectivity index (χ4n) is 1.77. The van der Waals surface area contributed by atoms with Crippen LogP contribution in [-0.4, -0.2) is 45.2 Å². The summed E-state index contributed by atoms with van der Waals surface area (Å²) in [6.45, 7) is 2.33. The molecule has 0 spiro atoms. The van der Waals surface area contributed by atoms with Crippen molar-refractivity contribution in [3.63, 3.8) is 0 Å². The number of rotatable bonds is 7. The van der Waals surface area contributed by atoms with Gasteiger partial charge in [-0.15, -0.1) is 0 Å². The van der Waals surface area contributed by atoms with Gasteiger partial charge in [0.1, 0.15) is 5.69 Å². The summed E-state index contributed by atoms with van der Waals surface area (Å²) in [7, 11) is -2.50. The van der Waals surface area contributed by atoms with Crippen molar-refractivity contribution in [1.82, 2.24) is 4.72 Å². The van der Waals surface area contributed by atoms with Crippen LogP contribution in [-0.2, 0) is 10.0 Å². The van der Waals surface area contributed by atoms with Crippen LogP contribution in [0.5, 0.6) is 0 Å². The number of nitrogens with one attached hydrogen (secondary N) is 1. The van der Waals surface area contributed by atoms with Crippen molar-refractivity contribution in [1.29, 1.82) is 0 Å². The van der Waals surface area contributed by atoms with E-state index in [0.29, 0.717) is 6.54 Å². The summed E-state index contributed by atoms with van der Waals surface area (Å²) in [6, 6.07) is 3.69. The highest BCUT2D eigenvalue weighted by molar-refractivity contribution is 7.89. The molecule has 0 radical (unpaired) electrons. The molecule has 1 rings (SSSR count). The number of sulfonamides is 1. The Hall–Kier alpha value is -1.71. The fourth-order valence-corrected chi connectivity index (χ4v) is 2.52. The van der Waals surface area contributed by atoms with Crippen LogP contribution in [0.3, 0.4) is 0 Å². The van der Waals surface area contributed by atoms with E-state index >= 15 is 0 Å². The van der Waals surface area contributed by atoms with Crippen LogP contribution in [0.25, 0.3) is 0 Å². The molecule has 2 N–H and O–H groups in total. The van der Waals surface area contributed by atoms with Gasteiger partial charge in [-0.25, -0.2) is 13.1 Å². The minimum Gasteiger partial charge on any atom is -0.395 e. The van der Waals surface area contributed by atoms with Crippen LogP contribution >= 0.6 is 0 Å². The zero-order valence-corrected chi connectivity index (χ0v) is 12.1. The van der Waals surface area contributed by atoms with E-state index in [-0.39, 0.29) is 29.4 Å². The summed E-state index contributed by atoms with van der Waals surface area (Å²) in [6.07, 6.45) is 0. The first-order chi connectivity index (χ1) is 9.37. The number of benzene rings is 1. The molecule has 8 nitrogen and oxygen atoms in total. The molecule has 0 atom stereocenters. The monoisotopic (exact) mass is 303 g/mol. The molecule has 1 aromatic carbocycles. The molecule has 0 aliphatic rings. The molecule has 0 saturated heterocycles. The average Bonchev–Trinajstić information content (AvgIpc) is 2.44. The second kappa shape index (κ2) is 6.64. The normalized spacial score (nSPS) is 11.3. The van der Waals surface area contributed by atoms with Crippen LogP contribution in [0.15, 0.2) is 23.1 Å². The summed E-state index contributed by atoms with van der Waals surface area (Å²) in [5.41, 5.74) is -0.0294. The number of anilines is 1. The number of aliphatic hydroxyl groups is 1. The van der Waals surface area contributed by atoms with Crippen LogP contribution in [0.4, 0.5) is 11.4 Å². The summed E-state index contributed by atoms with van der Waals surface area (Å²) in [4.78, 5) is 11.9. The van der Waals surface area contributed by atoms with Crippen LogP contribution in [0, 0.1) is 10.1 Å². The summed E-state index contributed by atoms with van der Waals surface area (Å²) < 4.78 is 25.4. The van der Waals surface area contributed by atoms with Gasteiger partial charge in [0.05, 0.1) is 16.4 Å².